The molecule has 1 aromatic heterocycles. The van der Waals surface area contributed by atoms with Crippen molar-refractivity contribution in [2.75, 3.05) is 50.7 Å². The molecule has 0 atom stereocenters. The molecule has 7 heteroatoms. The van der Waals surface area contributed by atoms with Gasteiger partial charge in [0, 0.05) is 45.7 Å². The van der Waals surface area contributed by atoms with Gasteiger partial charge >= 0.3 is 0 Å². The molecule has 0 unspecified atom stereocenters. The Morgan fingerprint density at radius 1 is 1.14 bits per heavy atom. The van der Waals surface area contributed by atoms with E-state index in [2.05, 4.69) is 32.3 Å². The molecule has 2 N–H and O–H groups in total. The van der Waals surface area contributed by atoms with Crippen LogP contribution in [0.2, 0.25) is 0 Å². The highest BCUT2D eigenvalue weighted by Crippen LogP contribution is 2.22. The first-order valence-corrected chi connectivity index (χ1v) is 10.5. The Balaban J connectivity index is 1.55. The maximum atomic E-state index is 14.7. The Morgan fingerprint density at radius 2 is 1.97 bits per heavy atom. The number of piperazine rings is 1. The number of nitrogens with zero attached hydrogens (tertiary/aromatic N) is 3. The summed E-state index contributed by atoms with van der Waals surface area (Å²) in [6.45, 7) is 10.9. The van der Waals surface area contributed by atoms with Crippen LogP contribution in [0.5, 0.6) is 0 Å². The minimum atomic E-state index is -0.168. The van der Waals surface area contributed by atoms with Gasteiger partial charge in [0.1, 0.15) is 11.6 Å². The smallest absolute Gasteiger partial charge is 0.191 e. The van der Waals surface area contributed by atoms with Crippen molar-refractivity contribution in [1.29, 1.82) is 0 Å². The summed E-state index contributed by atoms with van der Waals surface area (Å²) in [6, 6.07) is 9.31. The summed E-state index contributed by atoms with van der Waals surface area (Å²) in [5.41, 5.74) is 1.55. The summed E-state index contributed by atoms with van der Waals surface area (Å²) >= 11 is 0. The summed E-state index contributed by atoms with van der Waals surface area (Å²) < 4.78 is 20.0. The number of rotatable bonds is 8. The van der Waals surface area contributed by atoms with Gasteiger partial charge in [0.2, 0.25) is 0 Å². The van der Waals surface area contributed by atoms with Crippen molar-refractivity contribution in [3.8, 4) is 0 Å². The fraction of sp³-hybridized carbons (Fsp3) is 0.500. The number of hydrogen-bond donors (Lipinski definition) is 2. The van der Waals surface area contributed by atoms with Crippen LogP contribution in [0.15, 0.2) is 46.0 Å². The van der Waals surface area contributed by atoms with Crippen LogP contribution in [0.25, 0.3) is 0 Å². The summed E-state index contributed by atoms with van der Waals surface area (Å²) in [7, 11) is 0. The number of aliphatic imine (C=N–C) groups is 1. The number of furan rings is 1. The predicted molar refractivity (Wildman–Crippen MR) is 116 cm³/mol. The van der Waals surface area contributed by atoms with Crippen LogP contribution < -0.4 is 15.5 Å². The molecule has 0 saturated carbocycles. The van der Waals surface area contributed by atoms with Crippen LogP contribution in [0.3, 0.4) is 0 Å². The number of halogens is 1. The SMILES string of the molecule is CCNC(=NCc1ccc(N2CCN(CC)CC2)c(F)c1)NCCc1ccco1. The predicted octanol–water partition coefficient (Wildman–Crippen LogP) is 2.86. The third-order valence-corrected chi connectivity index (χ3v) is 5.18. The zero-order chi connectivity index (χ0) is 20.5. The molecular formula is C22H32FN5O. The van der Waals surface area contributed by atoms with Crippen LogP contribution in [-0.2, 0) is 13.0 Å². The molecule has 2 heterocycles. The van der Waals surface area contributed by atoms with Crippen molar-refractivity contribution in [3.63, 3.8) is 0 Å². The molecule has 1 aliphatic rings. The van der Waals surface area contributed by atoms with Crippen LogP contribution in [0.4, 0.5) is 10.1 Å². The summed E-state index contributed by atoms with van der Waals surface area (Å²) in [6.07, 6.45) is 2.46. The molecule has 1 aromatic carbocycles. The number of guanidine groups is 1. The molecule has 158 valence electrons. The molecule has 29 heavy (non-hydrogen) atoms. The summed E-state index contributed by atoms with van der Waals surface area (Å²) in [4.78, 5) is 9.10. The van der Waals surface area contributed by atoms with Gasteiger partial charge in [0.15, 0.2) is 5.96 Å². The van der Waals surface area contributed by atoms with Gasteiger partial charge in [0.25, 0.3) is 0 Å². The van der Waals surface area contributed by atoms with Gasteiger partial charge in [-0.05, 0) is 43.3 Å². The Bertz CT molecular complexity index is 770. The first kappa shape index (κ1) is 21.2. The van der Waals surface area contributed by atoms with Gasteiger partial charge < -0.3 is 24.9 Å². The molecule has 0 bridgehead atoms. The van der Waals surface area contributed by atoms with E-state index in [1.165, 1.54) is 0 Å². The minimum Gasteiger partial charge on any atom is -0.469 e. The fourth-order valence-electron chi connectivity index (χ4n) is 3.48. The number of hydrogen-bond acceptors (Lipinski definition) is 4. The van der Waals surface area contributed by atoms with E-state index in [9.17, 15) is 4.39 Å². The van der Waals surface area contributed by atoms with Gasteiger partial charge in [-0.15, -0.1) is 0 Å². The van der Waals surface area contributed by atoms with E-state index in [0.29, 0.717) is 12.2 Å². The molecule has 1 aliphatic heterocycles. The third kappa shape index (κ3) is 6.22. The number of likely N-dealkylation sites (N-methyl/N-ethyl adjacent to an activating group) is 1. The van der Waals surface area contributed by atoms with Crippen molar-refractivity contribution in [1.82, 2.24) is 15.5 Å². The lowest BCUT2D eigenvalue weighted by molar-refractivity contribution is 0.270. The van der Waals surface area contributed by atoms with Gasteiger partial charge in [-0.2, -0.15) is 0 Å². The van der Waals surface area contributed by atoms with Crippen molar-refractivity contribution < 1.29 is 8.81 Å². The monoisotopic (exact) mass is 401 g/mol. The highest BCUT2D eigenvalue weighted by atomic mass is 19.1. The normalized spacial score (nSPS) is 15.6. The van der Waals surface area contributed by atoms with Gasteiger partial charge in [-0.1, -0.05) is 13.0 Å². The summed E-state index contributed by atoms with van der Waals surface area (Å²) in [5, 5.41) is 6.51. The Morgan fingerprint density at radius 3 is 2.62 bits per heavy atom. The molecule has 0 spiro atoms. The van der Waals surface area contributed by atoms with Gasteiger partial charge in [-0.25, -0.2) is 9.38 Å². The van der Waals surface area contributed by atoms with Crippen LogP contribution >= 0.6 is 0 Å². The Labute approximate surface area is 172 Å². The average molecular weight is 402 g/mol. The lowest BCUT2D eigenvalue weighted by Crippen LogP contribution is -2.46. The second-order valence-corrected chi connectivity index (χ2v) is 7.16. The highest BCUT2D eigenvalue weighted by Gasteiger charge is 2.18. The number of nitrogens with one attached hydrogen (secondary N) is 2. The molecule has 6 nitrogen and oxygen atoms in total. The van der Waals surface area contributed by atoms with Crippen molar-refractivity contribution in [3.05, 3.63) is 53.7 Å². The summed E-state index contributed by atoms with van der Waals surface area (Å²) in [5.74, 6) is 1.49. The zero-order valence-electron chi connectivity index (χ0n) is 17.5. The molecule has 0 amide bonds. The molecule has 1 fully saturated rings. The minimum absolute atomic E-state index is 0.168. The zero-order valence-corrected chi connectivity index (χ0v) is 17.5. The van der Waals surface area contributed by atoms with E-state index in [0.717, 1.165) is 69.5 Å². The van der Waals surface area contributed by atoms with Gasteiger partial charge in [0.05, 0.1) is 18.5 Å². The maximum absolute atomic E-state index is 14.7. The van der Waals surface area contributed by atoms with Crippen LogP contribution in [-0.4, -0.2) is 56.7 Å². The van der Waals surface area contributed by atoms with E-state index < -0.39 is 0 Å². The molecular weight excluding hydrogens is 369 g/mol. The van der Waals surface area contributed by atoms with E-state index in [4.69, 9.17) is 4.42 Å². The second-order valence-electron chi connectivity index (χ2n) is 7.16. The lowest BCUT2D eigenvalue weighted by atomic mass is 10.1. The number of benzene rings is 1. The highest BCUT2D eigenvalue weighted by molar-refractivity contribution is 5.79. The van der Waals surface area contributed by atoms with E-state index in [-0.39, 0.29) is 5.82 Å². The maximum Gasteiger partial charge on any atom is 0.191 e. The number of anilines is 1. The lowest BCUT2D eigenvalue weighted by Gasteiger charge is -2.35. The van der Waals surface area contributed by atoms with E-state index in [1.54, 1.807) is 12.3 Å². The van der Waals surface area contributed by atoms with Crippen molar-refractivity contribution >= 4 is 11.6 Å². The van der Waals surface area contributed by atoms with Crippen LogP contribution in [0.1, 0.15) is 25.2 Å². The quantitative estimate of drug-likeness (QED) is 0.526. The van der Waals surface area contributed by atoms with Crippen molar-refractivity contribution in [2.45, 2.75) is 26.8 Å². The fourth-order valence-corrected chi connectivity index (χ4v) is 3.48. The second kappa shape index (κ2) is 10.9. The largest absolute Gasteiger partial charge is 0.469 e. The Kier molecular flexibility index (Phi) is 7.93. The standard InChI is InChI=1S/C22H32FN5O/c1-3-24-22(25-10-9-19-6-5-15-29-19)26-17-18-7-8-21(20(23)16-18)28-13-11-27(4-2)12-14-28/h5-8,15-16H,3-4,9-14,17H2,1-2H3,(H2,24,25,26). The first-order valence-electron chi connectivity index (χ1n) is 10.5. The third-order valence-electron chi connectivity index (χ3n) is 5.18. The van der Waals surface area contributed by atoms with E-state index in [1.807, 2.05) is 31.2 Å². The molecule has 1 saturated heterocycles. The average Bonchev–Trinajstić information content (AvgIpc) is 3.26. The topological polar surface area (TPSA) is 56.0 Å². The molecule has 3 rings (SSSR count). The molecule has 0 aliphatic carbocycles. The van der Waals surface area contributed by atoms with Crippen LogP contribution in [0, 0.1) is 5.82 Å². The first-order chi connectivity index (χ1) is 14.2. The molecule has 2 aromatic rings. The Hall–Kier alpha value is -2.54. The van der Waals surface area contributed by atoms with E-state index >= 15 is 0 Å². The van der Waals surface area contributed by atoms with Crippen molar-refractivity contribution in [2.24, 2.45) is 4.99 Å². The molecule has 0 radical (unpaired) electrons. The van der Waals surface area contributed by atoms with Gasteiger partial charge in [-0.3, -0.25) is 0 Å².